The van der Waals surface area contributed by atoms with Gasteiger partial charge in [-0.1, -0.05) is 19.8 Å². The first-order valence-corrected chi connectivity index (χ1v) is 9.22. The molecule has 1 saturated heterocycles. The Morgan fingerprint density at radius 2 is 2.08 bits per heavy atom. The molecule has 1 aromatic heterocycles. The van der Waals surface area contributed by atoms with Gasteiger partial charge in [0.2, 0.25) is 11.9 Å². The number of likely N-dealkylation sites (N-methyl/N-ethyl adjacent to an activating group) is 1. The standard InChI is InChI=1S/C18H29N5O/c1-3-22(2)12-11-19-17(24)16-13-14-7-4-5-8-15(14)23(16)18-20-9-6-10-21-18/h6,9-10,14-16H,3-5,7-8,11-13H2,1-2H3,(H,19,24). The van der Waals surface area contributed by atoms with Crippen LogP contribution in [0.1, 0.15) is 39.0 Å². The van der Waals surface area contributed by atoms with Gasteiger partial charge in [0.1, 0.15) is 6.04 Å². The van der Waals surface area contributed by atoms with Gasteiger partial charge in [-0.3, -0.25) is 4.79 Å². The fraction of sp³-hybridized carbons (Fsp3) is 0.722. The maximum absolute atomic E-state index is 12.8. The van der Waals surface area contributed by atoms with Crippen LogP contribution in [0.15, 0.2) is 18.5 Å². The summed E-state index contributed by atoms with van der Waals surface area (Å²) in [5, 5.41) is 3.12. The Morgan fingerprint density at radius 1 is 1.33 bits per heavy atom. The van der Waals surface area contributed by atoms with Gasteiger partial charge < -0.3 is 15.1 Å². The topological polar surface area (TPSA) is 61.4 Å². The predicted molar refractivity (Wildman–Crippen MR) is 94.8 cm³/mol. The molecule has 2 heterocycles. The fourth-order valence-electron chi connectivity index (χ4n) is 4.05. The van der Waals surface area contributed by atoms with Crippen molar-refractivity contribution in [2.45, 2.75) is 51.1 Å². The predicted octanol–water partition coefficient (Wildman–Crippen LogP) is 1.68. The molecular weight excluding hydrogens is 302 g/mol. The Morgan fingerprint density at radius 3 is 2.83 bits per heavy atom. The van der Waals surface area contributed by atoms with Crippen molar-refractivity contribution in [1.82, 2.24) is 20.2 Å². The van der Waals surface area contributed by atoms with E-state index in [1.807, 2.05) is 6.07 Å². The summed E-state index contributed by atoms with van der Waals surface area (Å²) in [5.41, 5.74) is 0. The first-order valence-electron chi connectivity index (χ1n) is 9.22. The van der Waals surface area contributed by atoms with E-state index >= 15 is 0 Å². The van der Waals surface area contributed by atoms with E-state index in [0.29, 0.717) is 24.5 Å². The van der Waals surface area contributed by atoms with Crippen molar-refractivity contribution in [3.8, 4) is 0 Å². The SMILES string of the molecule is CCN(C)CCNC(=O)C1CC2CCCCC2N1c1ncccn1. The molecule has 2 fully saturated rings. The number of hydrogen-bond donors (Lipinski definition) is 1. The summed E-state index contributed by atoms with van der Waals surface area (Å²) in [7, 11) is 2.07. The van der Waals surface area contributed by atoms with Crippen LogP contribution in [-0.2, 0) is 4.79 Å². The molecule has 1 aliphatic heterocycles. The van der Waals surface area contributed by atoms with Gasteiger partial charge in [0.25, 0.3) is 0 Å². The van der Waals surface area contributed by atoms with Crippen LogP contribution in [0.4, 0.5) is 5.95 Å². The number of carbonyl (C=O) groups excluding carboxylic acids is 1. The molecule has 1 N–H and O–H groups in total. The average molecular weight is 331 g/mol. The fourth-order valence-corrected chi connectivity index (χ4v) is 4.05. The van der Waals surface area contributed by atoms with Crippen LogP contribution in [-0.4, -0.2) is 59.5 Å². The molecule has 0 radical (unpaired) electrons. The van der Waals surface area contributed by atoms with Gasteiger partial charge in [-0.2, -0.15) is 0 Å². The molecule has 1 aromatic rings. The lowest BCUT2D eigenvalue weighted by Gasteiger charge is -2.33. The van der Waals surface area contributed by atoms with Crippen LogP contribution in [0.3, 0.4) is 0 Å². The van der Waals surface area contributed by atoms with Gasteiger partial charge in [-0.05, 0) is 44.8 Å². The molecule has 2 aliphatic rings. The number of anilines is 1. The van der Waals surface area contributed by atoms with Crippen molar-refractivity contribution in [2.75, 3.05) is 31.6 Å². The highest BCUT2D eigenvalue weighted by molar-refractivity contribution is 5.85. The highest BCUT2D eigenvalue weighted by Gasteiger charge is 2.46. The summed E-state index contributed by atoms with van der Waals surface area (Å²) in [4.78, 5) is 26.1. The maximum Gasteiger partial charge on any atom is 0.242 e. The molecule has 24 heavy (non-hydrogen) atoms. The van der Waals surface area contributed by atoms with Crippen molar-refractivity contribution < 1.29 is 4.79 Å². The van der Waals surface area contributed by atoms with Crippen molar-refractivity contribution in [1.29, 1.82) is 0 Å². The maximum atomic E-state index is 12.8. The summed E-state index contributed by atoms with van der Waals surface area (Å²) in [6.45, 7) is 4.69. The Balaban J connectivity index is 1.71. The Labute approximate surface area is 144 Å². The molecule has 6 heteroatoms. The van der Waals surface area contributed by atoms with Crippen LogP contribution >= 0.6 is 0 Å². The third-order valence-electron chi connectivity index (χ3n) is 5.51. The molecule has 0 bridgehead atoms. The van der Waals surface area contributed by atoms with E-state index in [4.69, 9.17) is 0 Å². The smallest absolute Gasteiger partial charge is 0.242 e. The lowest BCUT2D eigenvalue weighted by molar-refractivity contribution is -0.122. The van der Waals surface area contributed by atoms with E-state index in [2.05, 4.69) is 39.1 Å². The average Bonchev–Trinajstić information content (AvgIpc) is 3.01. The number of carbonyl (C=O) groups is 1. The number of nitrogens with one attached hydrogen (secondary N) is 1. The number of aromatic nitrogens is 2. The van der Waals surface area contributed by atoms with Gasteiger partial charge in [-0.25, -0.2) is 9.97 Å². The van der Waals surface area contributed by atoms with Crippen LogP contribution in [0.2, 0.25) is 0 Å². The van der Waals surface area contributed by atoms with Crippen molar-refractivity contribution in [2.24, 2.45) is 5.92 Å². The van der Waals surface area contributed by atoms with E-state index in [1.165, 1.54) is 19.3 Å². The molecule has 3 atom stereocenters. The molecule has 6 nitrogen and oxygen atoms in total. The largest absolute Gasteiger partial charge is 0.353 e. The number of fused-ring (bicyclic) bond motifs is 1. The second-order valence-corrected chi connectivity index (χ2v) is 7.01. The molecule has 1 aliphatic carbocycles. The minimum absolute atomic E-state index is 0.126. The first-order chi connectivity index (χ1) is 11.7. The van der Waals surface area contributed by atoms with Gasteiger partial charge in [0.15, 0.2) is 0 Å². The molecule has 0 spiro atoms. The molecular formula is C18H29N5O. The minimum atomic E-state index is -0.132. The summed E-state index contributed by atoms with van der Waals surface area (Å²) >= 11 is 0. The molecule has 1 saturated carbocycles. The lowest BCUT2D eigenvalue weighted by Crippen LogP contribution is -2.48. The summed E-state index contributed by atoms with van der Waals surface area (Å²) in [6, 6.07) is 2.11. The molecule has 0 aromatic carbocycles. The number of amides is 1. The molecule has 1 amide bonds. The van der Waals surface area contributed by atoms with Crippen molar-refractivity contribution >= 4 is 11.9 Å². The summed E-state index contributed by atoms with van der Waals surface area (Å²) in [5.74, 6) is 1.43. The zero-order valence-electron chi connectivity index (χ0n) is 14.8. The Hall–Kier alpha value is -1.69. The quantitative estimate of drug-likeness (QED) is 0.859. The number of nitrogens with zero attached hydrogens (tertiary/aromatic N) is 4. The normalized spacial score (nSPS) is 26.5. The summed E-state index contributed by atoms with van der Waals surface area (Å²) < 4.78 is 0. The van der Waals surface area contributed by atoms with E-state index in [9.17, 15) is 4.79 Å². The first kappa shape index (κ1) is 17.1. The second-order valence-electron chi connectivity index (χ2n) is 7.01. The third kappa shape index (κ3) is 3.69. The van der Waals surface area contributed by atoms with Crippen LogP contribution in [0.25, 0.3) is 0 Å². The lowest BCUT2D eigenvalue weighted by atomic mass is 9.85. The van der Waals surface area contributed by atoms with Gasteiger partial charge >= 0.3 is 0 Å². The minimum Gasteiger partial charge on any atom is -0.353 e. The van der Waals surface area contributed by atoms with Gasteiger partial charge in [0, 0.05) is 31.5 Å². The monoisotopic (exact) mass is 331 g/mol. The van der Waals surface area contributed by atoms with Crippen molar-refractivity contribution in [3.05, 3.63) is 18.5 Å². The van der Waals surface area contributed by atoms with Gasteiger partial charge in [-0.15, -0.1) is 0 Å². The van der Waals surface area contributed by atoms with E-state index in [0.717, 1.165) is 25.9 Å². The Kier molecular flexibility index (Phi) is 5.66. The highest BCUT2D eigenvalue weighted by atomic mass is 16.2. The van der Waals surface area contributed by atoms with Crippen molar-refractivity contribution in [3.63, 3.8) is 0 Å². The number of rotatable bonds is 6. The van der Waals surface area contributed by atoms with E-state index in [-0.39, 0.29) is 11.9 Å². The zero-order chi connectivity index (χ0) is 16.9. The van der Waals surface area contributed by atoms with Gasteiger partial charge in [0.05, 0.1) is 0 Å². The molecule has 132 valence electrons. The van der Waals surface area contributed by atoms with Crippen LogP contribution in [0.5, 0.6) is 0 Å². The summed E-state index contributed by atoms with van der Waals surface area (Å²) in [6.07, 6.45) is 9.34. The van der Waals surface area contributed by atoms with E-state index in [1.54, 1.807) is 12.4 Å². The molecule has 3 rings (SSSR count). The second kappa shape index (κ2) is 7.92. The molecule has 3 unspecified atom stereocenters. The highest BCUT2D eigenvalue weighted by Crippen LogP contribution is 2.41. The third-order valence-corrected chi connectivity index (χ3v) is 5.51. The van der Waals surface area contributed by atoms with Crippen LogP contribution < -0.4 is 10.2 Å². The number of hydrogen-bond acceptors (Lipinski definition) is 5. The van der Waals surface area contributed by atoms with E-state index < -0.39 is 0 Å². The zero-order valence-corrected chi connectivity index (χ0v) is 14.8. The van der Waals surface area contributed by atoms with Crippen LogP contribution in [0, 0.1) is 5.92 Å². The Bertz CT molecular complexity index is 537.